The molecule has 2 aromatic carbocycles. The van der Waals surface area contributed by atoms with E-state index < -0.39 is 47.6 Å². The Morgan fingerprint density at radius 2 is 1.17 bits per heavy atom. The molecule has 2 rings (SSSR count). The molecule has 12 nitrogen and oxygen atoms in total. The molecule has 35 heavy (non-hydrogen) atoms. The minimum Gasteiger partial charge on any atom is -0.504 e. The van der Waals surface area contributed by atoms with Crippen molar-refractivity contribution in [2.24, 2.45) is 0 Å². The molecule has 0 unspecified atom stereocenters. The molecule has 0 aromatic heterocycles. The molecule has 2 atom stereocenters. The SMILES string of the molecule is COc1cc(C=CC(=O)O[C@H](C(=O)O)[C@H](OC(=O)C=Cc2ccc(O)c(O)c2)C(=O)O)ccc1O. The van der Waals surface area contributed by atoms with E-state index in [2.05, 4.69) is 9.47 Å². The van der Waals surface area contributed by atoms with Gasteiger partial charge >= 0.3 is 23.9 Å². The third kappa shape index (κ3) is 7.53. The summed E-state index contributed by atoms with van der Waals surface area (Å²) in [5.41, 5.74) is 0.608. The van der Waals surface area contributed by atoms with Gasteiger partial charge in [0.05, 0.1) is 7.11 Å². The van der Waals surface area contributed by atoms with E-state index in [9.17, 15) is 44.7 Å². The molecule has 0 saturated carbocycles. The summed E-state index contributed by atoms with van der Waals surface area (Å²) in [5, 5.41) is 47.0. The molecule has 0 aliphatic rings. The highest BCUT2D eigenvalue weighted by atomic mass is 16.6. The van der Waals surface area contributed by atoms with Crippen molar-refractivity contribution in [3.05, 3.63) is 59.7 Å². The number of hydrogen-bond acceptors (Lipinski definition) is 10. The van der Waals surface area contributed by atoms with E-state index in [0.717, 1.165) is 30.4 Å². The minimum absolute atomic E-state index is 0.109. The van der Waals surface area contributed by atoms with Crippen molar-refractivity contribution in [2.75, 3.05) is 7.11 Å². The van der Waals surface area contributed by atoms with Crippen LogP contribution in [0.3, 0.4) is 0 Å². The highest BCUT2D eigenvalue weighted by Gasteiger charge is 2.40. The zero-order valence-electron chi connectivity index (χ0n) is 18.0. The second-order valence-corrected chi connectivity index (χ2v) is 6.74. The molecule has 0 saturated heterocycles. The van der Waals surface area contributed by atoms with Gasteiger partial charge in [-0.25, -0.2) is 19.2 Å². The quantitative estimate of drug-likeness (QED) is 0.184. The van der Waals surface area contributed by atoms with Gasteiger partial charge in [0.25, 0.3) is 0 Å². The number of rotatable bonds is 10. The number of carboxylic acid groups (broad SMARTS) is 2. The van der Waals surface area contributed by atoms with Crippen molar-refractivity contribution < 1.29 is 58.9 Å². The van der Waals surface area contributed by atoms with Crippen LogP contribution in [-0.4, -0.2) is 68.7 Å². The topological polar surface area (TPSA) is 197 Å². The van der Waals surface area contributed by atoms with Gasteiger partial charge in [0.1, 0.15) is 0 Å². The lowest BCUT2D eigenvalue weighted by Gasteiger charge is -2.19. The van der Waals surface area contributed by atoms with Crippen LogP contribution in [-0.2, 0) is 28.7 Å². The van der Waals surface area contributed by atoms with E-state index in [4.69, 9.17) is 4.74 Å². The first-order chi connectivity index (χ1) is 16.5. The maximum absolute atomic E-state index is 12.1. The van der Waals surface area contributed by atoms with E-state index in [1.54, 1.807) is 0 Å². The fourth-order valence-electron chi connectivity index (χ4n) is 2.58. The van der Waals surface area contributed by atoms with Crippen molar-refractivity contribution >= 4 is 36.0 Å². The fraction of sp³-hybridized carbons (Fsp3) is 0.130. The molecule has 5 N–H and O–H groups in total. The molecule has 0 bridgehead atoms. The first kappa shape index (κ1) is 26.3. The van der Waals surface area contributed by atoms with Crippen molar-refractivity contribution in [2.45, 2.75) is 12.2 Å². The molecule has 0 aliphatic heterocycles. The summed E-state index contributed by atoms with van der Waals surface area (Å²) in [7, 11) is 1.31. The zero-order valence-corrected chi connectivity index (χ0v) is 18.0. The van der Waals surface area contributed by atoms with Crippen molar-refractivity contribution in [1.82, 2.24) is 0 Å². The van der Waals surface area contributed by atoms with Crippen molar-refractivity contribution in [3.8, 4) is 23.0 Å². The number of carbonyl (C=O) groups excluding carboxylic acids is 2. The summed E-state index contributed by atoms with van der Waals surface area (Å²) < 4.78 is 14.3. The van der Waals surface area contributed by atoms with Gasteiger partial charge in [-0.05, 0) is 47.5 Å². The van der Waals surface area contributed by atoms with E-state index >= 15 is 0 Å². The molecule has 12 heteroatoms. The zero-order chi connectivity index (χ0) is 26.1. The van der Waals surface area contributed by atoms with Crippen molar-refractivity contribution in [3.63, 3.8) is 0 Å². The second-order valence-electron chi connectivity index (χ2n) is 6.74. The monoisotopic (exact) mass is 488 g/mol. The van der Waals surface area contributed by atoms with E-state index in [1.807, 2.05) is 0 Å². The normalized spacial score (nSPS) is 12.7. The van der Waals surface area contributed by atoms with Gasteiger partial charge < -0.3 is 39.7 Å². The van der Waals surface area contributed by atoms with E-state index in [0.29, 0.717) is 5.56 Å². The van der Waals surface area contributed by atoms with Crippen LogP contribution in [0.1, 0.15) is 11.1 Å². The largest absolute Gasteiger partial charge is 0.504 e. The summed E-state index contributed by atoms with van der Waals surface area (Å²) in [6, 6.07) is 7.64. The van der Waals surface area contributed by atoms with Gasteiger partial charge in [0.15, 0.2) is 23.0 Å². The number of phenols is 3. The molecule has 2 aromatic rings. The molecule has 184 valence electrons. The smallest absolute Gasteiger partial charge is 0.349 e. The highest BCUT2D eigenvalue weighted by molar-refractivity contribution is 5.93. The average Bonchev–Trinajstić information content (AvgIpc) is 2.81. The Kier molecular flexibility index (Phi) is 8.81. The molecule has 0 fully saturated rings. The van der Waals surface area contributed by atoms with Gasteiger partial charge in [-0.3, -0.25) is 0 Å². The number of phenolic OH excluding ortho intramolecular Hbond substituents is 3. The number of esters is 2. The Labute approximate surface area is 197 Å². The van der Waals surface area contributed by atoms with Crippen LogP contribution in [0, 0.1) is 0 Å². The van der Waals surface area contributed by atoms with Crippen LogP contribution in [0.4, 0.5) is 0 Å². The Morgan fingerprint density at radius 3 is 1.60 bits per heavy atom. The van der Waals surface area contributed by atoms with Gasteiger partial charge in [0, 0.05) is 12.2 Å². The van der Waals surface area contributed by atoms with Crippen molar-refractivity contribution in [1.29, 1.82) is 0 Å². The predicted molar refractivity (Wildman–Crippen MR) is 118 cm³/mol. The second kappa shape index (κ2) is 11.7. The minimum atomic E-state index is -2.39. The van der Waals surface area contributed by atoms with Gasteiger partial charge in [-0.15, -0.1) is 0 Å². The molecule has 0 radical (unpaired) electrons. The lowest BCUT2D eigenvalue weighted by Crippen LogP contribution is -2.45. The Bertz CT molecular complexity index is 1180. The lowest BCUT2D eigenvalue weighted by atomic mass is 10.2. The number of carbonyl (C=O) groups is 4. The summed E-state index contributed by atoms with van der Waals surface area (Å²) in [6.45, 7) is 0. The molecule has 0 spiro atoms. The Balaban J connectivity index is 2.12. The number of methoxy groups -OCH3 is 1. The lowest BCUT2D eigenvalue weighted by molar-refractivity contribution is -0.183. The summed E-state index contributed by atoms with van der Waals surface area (Å²) in [6.07, 6.45) is -0.907. The standard InChI is InChI=1S/C23H20O12/c1-33-17-11-13(3-7-15(17)25)5-9-19(28)35-21(23(31)32)20(22(29)30)34-18(27)8-4-12-2-6-14(24)16(26)10-12/h2-11,20-21,24-26H,1H3,(H,29,30)(H,31,32)/t20-,21-/m0/s1. The highest BCUT2D eigenvalue weighted by Crippen LogP contribution is 2.27. The maximum Gasteiger partial charge on any atom is 0.349 e. The first-order valence-corrected chi connectivity index (χ1v) is 9.63. The Morgan fingerprint density at radius 1 is 0.714 bits per heavy atom. The van der Waals surface area contributed by atoms with E-state index in [1.165, 1.54) is 37.5 Å². The van der Waals surface area contributed by atoms with Crippen LogP contribution in [0.15, 0.2) is 48.6 Å². The number of ether oxygens (including phenoxy) is 3. The fourth-order valence-corrected chi connectivity index (χ4v) is 2.58. The van der Waals surface area contributed by atoms with Crippen LogP contribution in [0.25, 0.3) is 12.2 Å². The Hall–Kier alpha value is -5.00. The molecule has 0 amide bonds. The van der Waals surface area contributed by atoms with Crippen LogP contribution in [0.2, 0.25) is 0 Å². The third-order valence-corrected chi connectivity index (χ3v) is 4.27. The van der Waals surface area contributed by atoms with Crippen LogP contribution in [0.5, 0.6) is 23.0 Å². The van der Waals surface area contributed by atoms with Gasteiger partial charge in [-0.2, -0.15) is 0 Å². The van der Waals surface area contributed by atoms with Crippen LogP contribution < -0.4 is 4.74 Å². The predicted octanol–water partition coefficient (Wildman–Crippen LogP) is 1.53. The molecular formula is C23H20O12. The summed E-state index contributed by atoms with van der Waals surface area (Å²) >= 11 is 0. The number of carboxylic acids is 2. The summed E-state index contributed by atoms with van der Waals surface area (Å²) in [5.74, 6) is -7.22. The van der Waals surface area contributed by atoms with Gasteiger partial charge in [-0.1, -0.05) is 12.1 Å². The molecule has 0 aliphatic carbocycles. The average molecular weight is 488 g/mol. The first-order valence-electron chi connectivity index (χ1n) is 9.63. The number of aliphatic carboxylic acids is 2. The maximum atomic E-state index is 12.1. The number of aromatic hydroxyl groups is 3. The van der Waals surface area contributed by atoms with E-state index in [-0.39, 0.29) is 17.1 Å². The van der Waals surface area contributed by atoms with Crippen LogP contribution >= 0.6 is 0 Å². The molecular weight excluding hydrogens is 468 g/mol. The van der Waals surface area contributed by atoms with Gasteiger partial charge in [0.2, 0.25) is 12.2 Å². The summed E-state index contributed by atoms with van der Waals surface area (Å²) in [4.78, 5) is 47.2. The third-order valence-electron chi connectivity index (χ3n) is 4.27. The molecule has 0 heterocycles. The number of benzene rings is 2. The number of hydrogen-bond donors (Lipinski definition) is 5.